The number of benzene rings is 1. The smallest absolute Gasteiger partial charge is 0.410 e. The van der Waals surface area contributed by atoms with E-state index in [1.54, 1.807) is 16.8 Å². The quantitative estimate of drug-likeness (QED) is 0.456. The SMILES string of the molecule is CN1CCCCC/C=C\[C@@H]2C[C@@]2(C(=O)NS(=O)(=O)C2CC2)NC(=O)[C@@H]2CC(OC(=O)N3Cc4cc5c(cc4C3)OCCO5)CN2C1=O. The highest BCUT2D eigenvalue weighted by Gasteiger charge is 2.62. The molecule has 0 aromatic heterocycles. The summed E-state index contributed by atoms with van der Waals surface area (Å²) in [6, 6.07) is 2.35. The highest BCUT2D eigenvalue weighted by atomic mass is 32.2. The van der Waals surface area contributed by atoms with Crippen molar-refractivity contribution < 1.29 is 41.8 Å². The van der Waals surface area contributed by atoms with Gasteiger partial charge in [-0.2, -0.15) is 0 Å². The maximum absolute atomic E-state index is 14.0. The van der Waals surface area contributed by atoms with Crippen LogP contribution in [-0.2, 0) is 37.4 Å². The van der Waals surface area contributed by atoms with Gasteiger partial charge in [0.1, 0.15) is 30.9 Å². The molecule has 2 saturated carbocycles. The van der Waals surface area contributed by atoms with Crippen molar-refractivity contribution in [1.29, 1.82) is 0 Å². The zero-order chi connectivity index (χ0) is 32.9. The fourth-order valence-corrected chi connectivity index (χ4v) is 8.32. The number of rotatable bonds is 4. The monoisotopic (exact) mass is 671 g/mol. The normalized spacial score (nSPS) is 29.8. The van der Waals surface area contributed by atoms with E-state index in [-0.39, 0.29) is 31.3 Å². The number of hydrogen-bond acceptors (Lipinski definition) is 9. The van der Waals surface area contributed by atoms with Crippen molar-refractivity contribution in [3.63, 3.8) is 0 Å². The minimum Gasteiger partial charge on any atom is -0.486 e. The first-order chi connectivity index (χ1) is 22.5. The average molecular weight is 672 g/mol. The van der Waals surface area contributed by atoms with Crippen molar-refractivity contribution in [2.24, 2.45) is 5.92 Å². The molecule has 4 aliphatic heterocycles. The molecule has 47 heavy (non-hydrogen) atoms. The number of carbonyl (C=O) groups is 4. The van der Waals surface area contributed by atoms with E-state index in [0.717, 1.165) is 36.8 Å². The Labute approximate surface area is 273 Å². The van der Waals surface area contributed by atoms with Crippen LogP contribution < -0.4 is 19.5 Å². The second kappa shape index (κ2) is 12.2. The van der Waals surface area contributed by atoms with Crippen molar-refractivity contribution in [3.8, 4) is 11.5 Å². The van der Waals surface area contributed by atoms with Crippen molar-refractivity contribution in [2.75, 3.05) is 33.4 Å². The van der Waals surface area contributed by atoms with Gasteiger partial charge in [-0.05, 0) is 61.8 Å². The Bertz CT molecular complexity index is 1580. The summed E-state index contributed by atoms with van der Waals surface area (Å²) < 4.78 is 44.8. The lowest BCUT2D eigenvalue weighted by atomic mass is 10.1. The highest BCUT2D eigenvalue weighted by Crippen LogP contribution is 2.46. The molecule has 6 aliphatic rings. The molecule has 0 bridgehead atoms. The first-order valence-electron chi connectivity index (χ1n) is 16.5. The number of carbonyl (C=O) groups excluding carboxylic acids is 4. The van der Waals surface area contributed by atoms with Gasteiger partial charge in [0.2, 0.25) is 15.9 Å². The fourth-order valence-electron chi connectivity index (χ4n) is 6.95. The molecule has 2 N–H and O–H groups in total. The van der Waals surface area contributed by atoms with E-state index in [1.165, 1.54) is 4.90 Å². The van der Waals surface area contributed by atoms with Gasteiger partial charge in [-0.1, -0.05) is 18.6 Å². The first kappa shape index (κ1) is 31.6. The third-order valence-electron chi connectivity index (χ3n) is 9.95. The second-order valence-electron chi connectivity index (χ2n) is 13.5. The summed E-state index contributed by atoms with van der Waals surface area (Å²) in [5.74, 6) is -0.452. The molecule has 254 valence electrons. The number of sulfonamides is 1. The average Bonchev–Trinajstić information content (AvgIpc) is 3.93. The van der Waals surface area contributed by atoms with E-state index >= 15 is 0 Å². The minimum absolute atomic E-state index is 0.00233. The van der Waals surface area contributed by atoms with Gasteiger partial charge in [-0.15, -0.1) is 0 Å². The Balaban J connectivity index is 1.08. The van der Waals surface area contributed by atoms with E-state index in [0.29, 0.717) is 57.2 Å². The summed E-state index contributed by atoms with van der Waals surface area (Å²) in [5.41, 5.74) is 0.419. The molecular weight excluding hydrogens is 630 g/mol. The molecule has 14 nitrogen and oxygen atoms in total. The summed E-state index contributed by atoms with van der Waals surface area (Å²) in [5, 5.41) is 2.24. The van der Waals surface area contributed by atoms with Crippen LogP contribution in [0.3, 0.4) is 0 Å². The number of fused-ring (bicyclic) bond motifs is 4. The van der Waals surface area contributed by atoms with E-state index in [9.17, 15) is 27.6 Å². The third-order valence-corrected chi connectivity index (χ3v) is 11.8. The van der Waals surface area contributed by atoms with E-state index in [1.807, 2.05) is 24.3 Å². The van der Waals surface area contributed by atoms with Crippen LogP contribution in [-0.4, -0.2) is 103 Å². The van der Waals surface area contributed by atoms with Gasteiger partial charge in [-0.3, -0.25) is 19.2 Å². The number of hydrogen-bond donors (Lipinski definition) is 2. The summed E-state index contributed by atoms with van der Waals surface area (Å²) in [4.78, 5) is 59.0. The molecule has 2 aliphatic carbocycles. The van der Waals surface area contributed by atoms with Crippen LogP contribution in [0.15, 0.2) is 24.3 Å². The Morgan fingerprint density at radius 3 is 2.43 bits per heavy atom. The van der Waals surface area contributed by atoms with Gasteiger partial charge in [0.05, 0.1) is 11.8 Å². The molecule has 1 unspecified atom stereocenters. The number of allylic oxidation sites excluding steroid dienone is 1. The van der Waals surface area contributed by atoms with Gasteiger partial charge in [0.15, 0.2) is 11.5 Å². The minimum atomic E-state index is -3.84. The lowest BCUT2D eigenvalue weighted by Gasteiger charge is -2.30. The molecule has 7 rings (SSSR count). The number of nitrogens with one attached hydrogen (secondary N) is 2. The Hall–Kier alpha value is -4.01. The summed E-state index contributed by atoms with van der Waals surface area (Å²) in [7, 11) is -2.16. The summed E-state index contributed by atoms with van der Waals surface area (Å²) in [6.45, 7) is 2.06. The second-order valence-corrected chi connectivity index (χ2v) is 15.4. The van der Waals surface area contributed by atoms with Gasteiger partial charge in [-0.25, -0.2) is 18.0 Å². The molecule has 4 heterocycles. The molecular formula is C32H41N5O9S. The Morgan fingerprint density at radius 1 is 1.04 bits per heavy atom. The highest BCUT2D eigenvalue weighted by molar-refractivity contribution is 7.91. The maximum atomic E-state index is 14.0. The number of nitrogens with zero attached hydrogens (tertiary/aromatic N) is 3. The van der Waals surface area contributed by atoms with Crippen LogP contribution >= 0.6 is 0 Å². The zero-order valence-corrected chi connectivity index (χ0v) is 27.3. The first-order valence-corrected chi connectivity index (χ1v) is 18.0. The number of urea groups is 1. The Morgan fingerprint density at radius 2 is 1.74 bits per heavy atom. The maximum Gasteiger partial charge on any atom is 0.410 e. The summed E-state index contributed by atoms with van der Waals surface area (Å²) >= 11 is 0. The van der Waals surface area contributed by atoms with Crippen molar-refractivity contribution >= 4 is 34.0 Å². The van der Waals surface area contributed by atoms with Crippen LogP contribution in [0, 0.1) is 5.92 Å². The van der Waals surface area contributed by atoms with Gasteiger partial charge in [0, 0.05) is 39.0 Å². The molecule has 4 atom stereocenters. The van der Waals surface area contributed by atoms with E-state index in [4.69, 9.17) is 14.2 Å². The third kappa shape index (κ3) is 6.33. The van der Waals surface area contributed by atoms with Crippen LogP contribution in [0.2, 0.25) is 0 Å². The molecule has 0 radical (unpaired) electrons. The molecule has 15 heteroatoms. The van der Waals surface area contributed by atoms with Crippen LogP contribution in [0.4, 0.5) is 9.59 Å². The van der Waals surface area contributed by atoms with Gasteiger partial charge >= 0.3 is 12.1 Å². The Kier molecular flexibility index (Phi) is 8.21. The number of amides is 5. The van der Waals surface area contributed by atoms with Crippen molar-refractivity contribution in [2.45, 2.75) is 87.4 Å². The lowest BCUT2D eigenvalue weighted by molar-refractivity contribution is -0.131. The summed E-state index contributed by atoms with van der Waals surface area (Å²) in [6.07, 6.45) is 7.10. The standard InChI is InChI=1S/C32H41N5O9S/c1-35-10-6-4-2-3-5-7-22-16-32(22,29(39)34-47(42,43)24-8-9-24)33-28(38)25-15-23(19-37(25)30(35)40)46-31(41)36-17-20-13-26-27(14-21(20)18-36)45-12-11-44-26/h5,7,13-14,22-25H,2-4,6,8-12,15-19H2,1H3,(H,33,38)(H,34,39)/b7-5-/t22-,23?,25+,32-/m1/s1. The van der Waals surface area contributed by atoms with E-state index in [2.05, 4.69) is 10.0 Å². The molecule has 5 amide bonds. The fraction of sp³-hybridized carbons (Fsp3) is 0.625. The number of ether oxygens (including phenoxy) is 3. The molecule has 1 aromatic carbocycles. The molecule has 3 fully saturated rings. The molecule has 1 saturated heterocycles. The largest absolute Gasteiger partial charge is 0.486 e. The van der Waals surface area contributed by atoms with E-state index < -0.39 is 50.9 Å². The van der Waals surface area contributed by atoms with Gasteiger partial charge in [0.25, 0.3) is 5.91 Å². The van der Waals surface area contributed by atoms with Crippen LogP contribution in [0.25, 0.3) is 0 Å². The predicted molar refractivity (Wildman–Crippen MR) is 167 cm³/mol. The predicted octanol–water partition coefficient (Wildman–Crippen LogP) is 2.02. The zero-order valence-electron chi connectivity index (χ0n) is 26.4. The lowest BCUT2D eigenvalue weighted by Crippen LogP contribution is -2.57. The molecule has 1 aromatic rings. The van der Waals surface area contributed by atoms with Gasteiger partial charge < -0.3 is 29.3 Å². The topological polar surface area (TPSA) is 164 Å². The van der Waals surface area contributed by atoms with Crippen molar-refractivity contribution in [3.05, 3.63) is 35.4 Å². The van der Waals surface area contributed by atoms with Crippen LogP contribution in [0.5, 0.6) is 11.5 Å². The van der Waals surface area contributed by atoms with Crippen LogP contribution in [0.1, 0.15) is 62.5 Å². The van der Waals surface area contributed by atoms with Crippen molar-refractivity contribution in [1.82, 2.24) is 24.7 Å². The molecule has 0 spiro atoms.